The Morgan fingerprint density at radius 3 is 2.18 bits per heavy atom. The minimum Gasteiger partial charge on any atom is -0.475 e. The van der Waals surface area contributed by atoms with Gasteiger partial charge in [-0.3, -0.25) is 9.59 Å². The van der Waals surface area contributed by atoms with Crippen LogP contribution in [0.25, 0.3) is 0 Å². The van der Waals surface area contributed by atoms with E-state index < -0.39 is 24.0 Å². The Morgan fingerprint density at radius 2 is 1.54 bits per heavy atom. The van der Waals surface area contributed by atoms with Gasteiger partial charge in [-0.2, -0.15) is 0 Å². The van der Waals surface area contributed by atoms with E-state index in [-0.39, 0.29) is 6.10 Å². The molecule has 0 spiro atoms. The maximum atomic E-state index is 12.2. The van der Waals surface area contributed by atoms with Crippen LogP contribution in [-0.4, -0.2) is 22.6 Å². The summed E-state index contributed by atoms with van der Waals surface area (Å²) in [7, 11) is 0. The Hall–Kier alpha value is -3.09. The molecule has 1 atom stereocenters. The van der Waals surface area contributed by atoms with Crippen LogP contribution in [0.5, 0.6) is 0 Å². The third kappa shape index (κ3) is 5.00. The van der Waals surface area contributed by atoms with Crippen molar-refractivity contribution in [2.75, 3.05) is 0 Å². The molecule has 1 N–H and O–H groups in total. The fraction of sp³-hybridized carbons (Fsp3) is 0.136. The van der Waals surface area contributed by atoms with Crippen molar-refractivity contribution in [3.05, 3.63) is 93.7 Å². The third-order valence-electron chi connectivity index (χ3n) is 4.08. The summed E-state index contributed by atoms with van der Waals surface area (Å²) in [6.07, 6.45) is -1.01. The van der Waals surface area contributed by atoms with Gasteiger partial charge in [0.15, 0.2) is 5.78 Å². The van der Waals surface area contributed by atoms with Crippen molar-refractivity contribution in [3.8, 4) is 0 Å². The van der Waals surface area contributed by atoms with E-state index in [9.17, 15) is 14.4 Å². The van der Waals surface area contributed by atoms with E-state index >= 15 is 0 Å². The highest BCUT2D eigenvalue weighted by Gasteiger charge is 2.22. The molecule has 0 aliphatic carbocycles. The molecule has 1 heterocycles. The molecule has 0 aliphatic heterocycles. The average Bonchev–Trinajstić information content (AvgIpc) is 3.20. The molecule has 0 radical (unpaired) electrons. The monoisotopic (exact) mass is 394 g/mol. The number of carbonyl (C=O) groups is 3. The molecule has 0 bridgehead atoms. The van der Waals surface area contributed by atoms with Crippen molar-refractivity contribution in [3.63, 3.8) is 0 Å². The minimum atomic E-state index is -1.60. The first-order valence-corrected chi connectivity index (χ1v) is 9.46. The van der Waals surface area contributed by atoms with Crippen LogP contribution in [0.4, 0.5) is 0 Å². The Kier molecular flexibility index (Phi) is 6.47. The fourth-order valence-corrected chi connectivity index (χ4v) is 3.70. The lowest BCUT2D eigenvalue weighted by atomic mass is 10.1. The molecule has 0 amide bonds. The van der Waals surface area contributed by atoms with Gasteiger partial charge in [-0.15, -0.1) is 11.3 Å². The predicted octanol–water partition coefficient (Wildman–Crippen LogP) is 4.28. The van der Waals surface area contributed by atoms with Gasteiger partial charge < -0.3 is 9.84 Å². The number of aliphatic carboxylic acids is 1. The SMILES string of the molecule is O=C(O)C(=O)CC(=O)c1ccc(C(OCc2ccccc2)c2ccccc2)s1. The van der Waals surface area contributed by atoms with Crippen LogP contribution in [0, 0.1) is 0 Å². The van der Waals surface area contributed by atoms with E-state index in [2.05, 4.69) is 0 Å². The number of ether oxygens (including phenoxy) is 1. The molecule has 0 saturated carbocycles. The van der Waals surface area contributed by atoms with Crippen LogP contribution in [0.2, 0.25) is 0 Å². The maximum Gasteiger partial charge on any atom is 0.372 e. The molecule has 0 saturated heterocycles. The summed E-state index contributed by atoms with van der Waals surface area (Å²) in [6, 6.07) is 22.8. The van der Waals surface area contributed by atoms with Crippen molar-refractivity contribution in [1.82, 2.24) is 0 Å². The summed E-state index contributed by atoms with van der Waals surface area (Å²) in [4.78, 5) is 35.3. The molecule has 0 aliphatic rings. The minimum absolute atomic E-state index is 0.342. The van der Waals surface area contributed by atoms with E-state index in [1.54, 1.807) is 12.1 Å². The number of carboxylic acids is 1. The van der Waals surface area contributed by atoms with Crippen LogP contribution in [0.3, 0.4) is 0 Å². The first-order valence-electron chi connectivity index (χ1n) is 8.64. The quantitative estimate of drug-likeness (QED) is 0.333. The van der Waals surface area contributed by atoms with Gasteiger partial charge in [0.05, 0.1) is 17.9 Å². The smallest absolute Gasteiger partial charge is 0.372 e. The van der Waals surface area contributed by atoms with Crippen molar-refractivity contribution >= 4 is 28.9 Å². The lowest BCUT2D eigenvalue weighted by molar-refractivity contribution is -0.148. The summed E-state index contributed by atoms with van der Waals surface area (Å²) in [5, 5.41) is 8.68. The molecule has 2 aromatic carbocycles. The molecule has 5 nitrogen and oxygen atoms in total. The number of thiophene rings is 1. The number of Topliss-reactive ketones (excluding diaryl/α,β-unsaturated/α-hetero) is 2. The highest BCUT2D eigenvalue weighted by Crippen LogP contribution is 2.33. The summed E-state index contributed by atoms with van der Waals surface area (Å²) >= 11 is 1.21. The van der Waals surface area contributed by atoms with Gasteiger partial charge in [0.1, 0.15) is 6.10 Å². The molecule has 3 rings (SSSR count). The van der Waals surface area contributed by atoms with E-state index in [4.69, 9.17) is 9.84 Å². The van der Waals surface area contributed by atoms with Crippen molar-refractivity contribution in [2.24, 2.45) is 0 Å². The standard InChI is InChI=1S/C22H18O5S/c23-17(13-18(24)22(25)26)19-11-12-20(28-19)21(16-9-5-2-6-10-16)27-14-15-7-3-1-4-8-15/h1-12,21H,13-14H2,(H,25,26). The molecule has 1 unspecified atom stereocenters. The highest BCUT2D eigenvalue weighted by molar-refractivity contribution is 7.14. The normalized spacial score (nSPS) is 11.7. The zero-order chi connectivity index (χ0) is 19.9. The predicted molar refractivity (Wildman–Crippen MR) is 105 cm³/mol. The molecule has 0 fully saturated rings. The summed E-state index contributed by atoms with van der Waals surface area (Å²) in [5.74, 6) is -3.21. The maximum absolute atomic E-state index is 12.2. The van der Waals surface area contributed by atoms with Crippen LogP contribution in [0.15, 0.2) is 72.8 Å². The van der Waals surface area contributed by atoms with Gasteiger partial charge in [-0.25, -0.2) is 4.79 Å². The van der Waals surface area contributed by atoms with E-state index in [1.165, 1.54) is 11.3 Å². The topological polar surface area (TPSA) is 80.7 Å². The molecule has 142 valence electrons. The number of hydrogen-bond donors (Lipinski definition) is 1. The second-order valence-electron chi connectivity index (χ2n) is 6.12. The highest BCUT2D eigenvalue weighted by atomic mass is 32.1. The summed E-state index contributed by atoms with van der Waals surface area (Å²) in [6.45, 7) is 0.402. The first kappa shape index (κ1) is 19.7. The van der Waals surface area contributed by atoms with Gasteiger partial charge in [-0.05, 0) is 23.3 Å². The van der Waals surface area contributed by atoms with Gasteiger partial charge >= 0.3 is 5.97 Å². The van der Waals surface area contributed by atoms with E-state index in [0.29, 0.717) is 11.5 Å². The summed E-state index contributed by atoms with van der Waals surface area (Å²) < 4.78 is 6.15. The first-order chi connectivity index (χ1) is 13.5. The number of hydrogen-bond acceptors (Lipinski definition) is 5. The van der Waals surface area contributed by atoms with Crippen molar-refractivity contribution in [1.29, 1.82) is 0 Å². The number of carbonyl (C=O) groups excluding carboxylic acids is 2. The molecule has 6 heteroatoms. The Morgan fingerprint density at radius 1 is 0.893 bits per heavy atom. The molecule has 1 aromatic heterocycles. The molecule has 28 heavy (non-hydrogen) atoms. The van der Waals surface area contributed by atoms with Gasteiger partial charge in [0.25, 0.3) is 0 Å². The van der Waals surface area contributed by atoms with E-state index in [1.807, 2.05) is 60.7 Å². The largest absolute Gasteiger partial charge is 0.475 e. The third-order valence-corrected chi connectivity index (χ3v) is 5.25. The summed E-state index contributed by atoms with van der Waals surface area (Å²) in [5.41, 5.74) is 1.98. The number of rotatable bonds is 9. The zero-order valence-electron chi connectivity index (χ0n) is 14.9. The fourth-order valence-electron chi connectivity index (χ4n) is 2.68. The Balaban J connectivity index is 1.80. The second-order valence-corrected chi connectivity index (χ2v) is 7.23. The molecular formula is C22H18O5S. The lowest BCUT2D eigenvalue weighted by Gasteiger charge is -2.17. The number of ketones is 2. The zero-order valence-corrected chi connectivity index (χ0v) is 15.7. The van der Waals surface area contributed by atoms with Crippen molar-refractivity contribution in [2.45, 2.75) is 19.1 Å². The number of benzene rings is 2. The van der Waals surface area contributed by atoms with Gasteiger partial charge in [0, 0.05) is 4.88 Å². The van der Waals surface area contributed by atoms with Crippen LogP contribution >= 0.6 is 11.3 Å². The van der Waals surface area contributed by atoms with E-state index in [0.717, 1.165) is 16.0 Å². The van der Waals surface area contributed by atoms with Crippen LogP contribution in [0.1, 0.15) is 38.2 Å². The average molecular weight is 394 g/mol. The van der Waals surface area contributed by atoms with Gasteiger partial charge in [-0.1, -0.05) is 60.7 Å². The Bertz CT molecular complexity index is 963. The second kappa shape index (κ2) is 9.21. The van der Waals surface area contributed by atoms with Crippen molar-refractivity contribution < 1.29 is 24.2 Å². The lowest BCUT2D eigenvalue weighted by Crippen LogP contribution is -2.16. The molecular weight excluding hydrogens is 376 g/mol. The number of carboxylic acid groups (broad SMARTS) is 1. The van der Waals surface area contributed by atoms with Crippen LogP contribution < -0.4 is 0 Å². The van der Waals surface area contributed by atoms with Crippen LogP contribution in [-0.2, 0) is 20.9 Å². The molecule has 3 aromatic rings. The van der Waals surface area contributed by atoms with Gasteiger partial charge in [0.2, 0.25) is 5.78 Å². The Labute approximate surface area is 166 Å².